The van der Waals surface area contributed by atoms with Gasteiger partial charge in [0.05, 0.1) is 6.26 Å². The van der Waals surface area contributed by atoms with Gasteiger partial charge in [-0.3, -0.25) is 0 Å². The lowest BCUT2D eigenvalue weighted by molar-refractivity contribution is 0.471. The second-order valence-corrected chi connectivity index (χ2v) is 3.49. The Morgan fingerprint density at radius 2 is 2.15 bits per heavy atom. The molecular weight excluding hydrogens is 160 g/mol. The van der Waals surface area contributed by atoms with Gasteiger partial charge in [0.1, 0.15) is 0 Å². The van der Waals surface area contributed by atoms with E-state index >= 15 is 0 Å². The van der Waals surface area contributed by atoms with E-state index in [0.29, 0.717) is 5.92 Å². The largest absolute Gasteiger partial charge is 0.516 e. The Bertz CT molecular complexity index is 287. The first kappa shape index (κ1) is 9.85. The molecule has 0 aliphatic heterocycles. The van der Waals surface area contributed by atoms with Crippen molar-refractivity contribution in [3.63, 3.8) is 0 Å². The first-order valence-corrected chi connectivity index (χ1v) is 4.62. The maximum Gasteiger partial charge on any atom is 0.0755 e. The van der Waals surface area contributed by atoms with Crippen molar-refractivity contribution in [2.75, 3.05) is 0 Å². The minimum Gasteiger partial charge on any atom is -0.516 e. The molecule has 0 atom stereocenters. The average Bonchev–Trinajstić information content (AvgIpc) is 2.15. The minimum atomic E-state index is 0.568. The van der Waals surface area contributed by atoms with Gasteiger partial charge >= 0.3 is 0 Å². The van der Waals surface area contributed by atoms with Crippen molar-refractivity contribution < 1.29 is 5.11 Å². The molecule has 1 rings (SSSR count). The fourth-order valence-corrected chi connectivity index (χ4v) is 1.27. The molecule has 0 saturated heterocycles. The van der Waals surface area contributed by atoms with Crippen LogP contribution in [-0.4, -0.2) is 5.11 Å². The van der Waals surface area contributed by atoms with E-state index in [1.54, 1.807) is 6.08 Å². The van der Waals surface area contributed by atoms with E-state index in [4.69, 9.17) is 5.11 Å². The quantitative estimate of drug-likeness (QED) is 0.699. The second kappa shape index (κ2) is 4.70. The smallest absolute Gasteiger partial charge is 0.0755 e. The van der Waals surface area contributed by atoms with Crippen molar-refractivity contribution in [2.24, 2.45) is 0 Å². The Labute approximate surface area is 79.7 Å². The van der Waals surface area contributed by atoms with Crippen LogP contribution in [0, 0.1) is 0 Å². The summed E-state index contributed by atoms with van der Waals surface area (Å²) in [6.45, 7) is 4.36. The molecule has 13 heavy (non-hydrogen) atoms. The van der Waals surface area contributed by atoms with E-state index in [1.807, 2.05) is 0 Å². The summed E-state index contributed by atoms with van der Waals surface area (Å²) in [5, 5.41) is 8.53. The van der Waals surface area contributed by atoms with E-state index in [-0.39, 0.29) is 0 Å². The highest BCUT2D eigenvalue weighted by atomic mass is 16.2. The van der Waals surface area contributed by atoms with Gasteiger partial charge < -0.3 is 5.11 Å². The summed E-state index contributed by atoms with van der Waals surface area (Å²) in [7, 11) is 0. The predicted octanol–water partition coefficient (Wildman–Crippen LogP) is 3.42. The molecule has 70 valence electrons. The average molecular weight is 176 g/mol. The van der Waals surface area contributed by atoms with Crippen LogP contribution >= 0.6 is 0 Å². The summed E-state index contributed by atoms with van der Waals surface area (Å²) in [6.07, 6.45) is 3.65. The van der Waals surface area contributed by atoms with Gasteiger partial charge in [0.15, 0.2) is 0 Å². The molecule has 0 radical (unpaired) electrons. The fraction of sp³-hybridized carbons (Fsp3) is 0.333. The third kappa shape index (κ3) is 2.94. The molecule has 1 nitrogen and oxygen atoms in total. The minimum absolute atomic E-state index is 0.568. The number of aliphatic hydroxyl groups excluding tert-OH is 1. The maximum absolute atomic E-state index is 8.53. The summed E-state index contributed by atoms with van der Waals surface area (Å²) in [5.74, 6) is 0.568. The highest BCUT2D eigenvalue weighted by Gasteiger charge is 1.98. The lowest BCUT2D eigenvalue weighted by atomic mass is 10.00. The van der Waals surface area contributed by atoms with Crippen LogP contribution in [0.2, 0.25) is 0 Å². The highest BCUT2D eigenvalue weighted by Crippen LogP contribution is 2.15. The first-order valence-electron chi connectivity index (χ1n) is 4.62. The lowest BCUT2D eigenvalue weighted by Crippen LogP contribution is -1.89. The number of allylic oxidation sites excluding steroid dienone is 1. The fourth-order valence-electron chi connectivity index (χ4n) is 1.27. The van der Waals surface area contributed by atoms with Crippen molar-refractivity contribution in [3.8, 4) is 0 Å². The number of hydrogen-bond acceptors (Lipinski definition) is 1. The molecule has 0 aliphatic carbocycles. The normalized spacial score (nSPS) is 11.3. The van der Waals surface area contributed by atoms with E-state index in [0.717, 1.165) is 12.7 Å². The van der Waals surface area contributed by atoms with Crippen molar-refractivity contribution in [1.82, 2.24) is 0 Å². The standard InChI is InChI=1S/C12H16O/c1-10(2)12-7-3-5-11(9-12)6-4-8-13/h3-5,7-10,13H,6H2,1-2H3. The molecule has 0 saturated carbocycles. The number of rotatable bonds is 3. The van der Waals surface area contributed by atoms with Gasteiger partial charge in [-0.25, -0.2) is 0 Å². The van der Waals surface area contributed by atoms with Crippen LogP contribution in [0.3, 0.4) is 0 Å². The van der Waals surface area contributed by atoms with Crippen LogP contribution in [0.25, 0.3) is 0 Å². The molecule has 1 N–H and O–H groups in total. The van der Waals surface area contributed by atoms with Gasteiger partial charge in [-0.2, -0.15) is 0 Å². The number of aliphatic hydroxyl groups is 1. The number of benzene rings is 1. The van der Waals surface area contributed by atoms with Gasteiger partial charge in [-0.1, -0.05) is 38.1 Å². The third-order valence-electron chi connectivity index (χ3n) is 2.08. The van der Waals surface area contributed by atoms with Crippen molar-refractivity contribution in [2.45, 2.75) is 26.2 Å². The molecule has 0 amide bonds. The molecule has 1 aromatic carbocycles. The van der Waals surface area contributed by atoms with Crippen molar-refractivity contribution >= 4 is 0 Å². The zero-order chi connectivity index (χ0) is 9.68. The van der Waals surface area contributed by atoms with Crippen LogP contribution in [0.4, 0.5) is 0 Å². The molecule has 1 aromatic rings. The zero-order valence-corrected chi connectivity index (χ0v) is 8.20. The van der Waals surface area contributed by atoms with Crippen molar-refractivity contribution in [1.29, 1.82) is 0 Å². The SMILES string of the molecule is CC(C)c1cccc(CC=CO)c1. The predicted molar refractivity (Wildman–Crippen MR) is 56.0 cm³/mol. The van der Waals surface area contributed by atoms with Crippen LogP contribution < -0.4 is 0 Å². The molecular formula is C12H16O. The van der Waals surface area contributed by atoms with Gasteiger partial charge in [-0.15, -0.1) is 0 Å². The van der Waals surface area contributed by atoms with Gasteiger partial charge in [0.25, 0.3) is 0 Å². The van der Waals surface area contributed by atoms with E-state index in [1.165, 1.54) is 11.1 Å². The molecule has 0 heterocycles. The van der Waals surface area contributed by atoms with Crippen LogP contribution in [0.15, 0.2) is 36.6 Å². The van der Waals surface area contributed by atoms with Gasteiger partial charge in [-0.05, 0) is 29.5 Å². The molecule has 0 unspecified atom stereocenters. The molecule has 0 bridgehead atoms. The molecule has 1 heteroatoms. The van der Waals surface area contributed by atoms with Crippen LogP contribution in [0.5, 0.6) is 0 Å². The summed E-state index contributed by atoms with van der Waals surface area (Å²) in [5.41, 5.74) is 2.60. The molecule has 0 fully saturated rings. The Kier molecular flexibility index (Phi) is 3.56. The Balaban J connectivity index is 2.79. The summed E-state index contributed by atoms with van der Waals surface area (Å²) < 4.78 is 0. The second-order valence-electron chi connectivity index (χ2n) is 3.49. The van der Waals surface area contributed by atoms with E-state index in [2.05, 4.69) is 38.1 Å². The van der Waals surface area contributed by atoms with Crippen LogP contribution in [0.1, 0.15) is 30.9 Å². The third-order valence-corrected chi connectivity index (χ3v) is 2.08. The number of hydrogen-bond donors (Lipinski definition) is 1. The summed E-state index contributed by atoms with van der Waals surface area (Å²) in [4.78, 5) is 0. The topological polar surface area (TPSA) is 20.2 Å². The molecule has 0 aromatic heterocycles. The van der Waals surface area contributed by atoms with Crippen molar-refractivity contribution in [3.05, 3.63) is 47.7 Å². The zero-order valence-electron chi connectivity index (χ0n) is 8.20. The summed E-state index contributed by atoms with van der Waals surface area (Å²) >= 11 is 0. The van der Waals surface area contributed by atoms with Crippen LogP contribution in [-0.2, 0) is 6.42 Å². The van der Waals surface area contributed by atoms with Gasteiger partial charge in [0, 0.05) is 0 Å². The lowest BCUT2D eigenvalue weighted by Gasteiger charge is -2.06. The highest BCUT2D eigenvalue weighted by molar-refractivity contribution is 5.26. The maximum atomic E-state index is 8.53. The Hall–Kier alpha value is -1.24. The van der Waals surface area contributed by atoms with E-state index in [9.17, 15) is 0 Å². The molecule has 0 spiro atoms. The Morgan fingerprint density at radius 3 is 2.77 bits per heavy atom. The first-order chi connectivity index (χ1) is 6.24. The Morgan fingerprint density at radius 1 is 1.38 bits per heavy atom. The molecule has 0 aliphatic rings. The van der Waals surface area contributed by atoms with Gasteiger partial charge in [0.2, 0.25) is 0 Å². The summed E-state index contributed by atoms with van der Waals surface area (Å²) in [6, 6.07) is 8.46. The van der Waals surface area contributed by atoms with E-state index < -0.39 is 0 Å². The monoisotopic (exact) mass is 176 g/mol.